The predicted octanol–water partition coefficient (Wildman–Crippen LogP) is 4.70. The number of fused-ring (bicyclic) bond motifs is 1. The highest BCUT2D eigenvalue weighted by Gasteiger charge is 2.23. The van der Waals surface area contributed by atoms with E-state index in [1.165, 1.54) is 11.2 Å². The summed E-state index contributed by atoms with van der Waals surface area (Å²) in [6.45, 7) is 3.41. The molecule has 1 amide bonds. The molecule has 4 aromatic rings. The van der Waals surface area contributed by atoms with Gasteiger partial charge in [-0.25, -0.2) is 14.8 Å². The smallest absolute Gasteiger partial charge is 0.335 e. The van der Waals surface area contributed by atoms with Crippen molar-refractivity contribution in [2.75, 3.05) is 4.90 Å². The molecule has 6 heteroatoms. The number of esters is 1. The Bertz CT molecular complexity index is 1220. The lowest BCUT2D eigenvalue weighted by Crippen LogP contribution is -2.27. The number of hydrogen-bond acceptors (Lipinski definition) is 5. The normalized spacial score (nSPS) is 10.4. The third-order valence-corrected chi connectivity index (χ3v) is 4.42. The maximum atomic E-state index is 13.5. The van der Waals surface area contributed by atoms with Crippen molar-refractivity contribution >= 4 is 34.3 Å². The Balaban J connectivity index is 1.90. The summed E-state index contributed by atoms with van der Waals surface area (Å²) in [4.78, 5) is 35.3. The van der Waals surface area contributed by atoms with E-state index in [0.717, 1.165) is 6.08 Å². The van der Waals surface area contributed by atoms with Gasteiger partial charge in [-0.1, -0.05) is 43.0 Å². The molecule has 0 fully saturated rings. The number of benzene rings is 3. The largest absolute Gasteiger partial charge is 0.423 e. The summed E-state index contributed by atoms with van der Waals surface area (Å²) in [5.74, 6) is -0.122. The molecule has 0 unspecified atom stereocenters. The minimum atomic E-state index is -0.576. The van der Waals surface area contributed by atoms with Crippen molar-refractivity contribution in [1.29, 1.82) is 0 Å². The van der Waals surface area contributed by atoms with E-state index < -0.39 is 5.97 Å². The Morgan fingerprint density at radius 3 is 2.30 bits per heavy atom. The predicted molar refractivity (Wildman–Crippen MR) is 115 cm³/mol. The summed E-state index contributed by atoms with van der Waals surface area (Å²) in [6, 6.07) is 23.2. The molecule has 3 aromatic carbocycles. The van der Waals surface area contributed by atoms with Crippen molar-refractivity contribution in [3.8, 4) is 5.75 Å². The van der Waals surface area contributed by atoms with E-state index in [1.54, 1.807) is 42.5 Å². The number of nitrogens with zero attached hydrogens (tertiary/aromatic N) is 3. The zero-order valence-corrected chi connectivity index (χ0v) is 15.9. The summed E-state index contributed by atoms with van der Waals surface area (Å²) in [7, 11) is 0. The van der Waals surface area contributed by atoms with Gasteiger partial charge >= 0.3 is 5.97 Å². The molecule has 0 N–H and O–H groups in total. The molecule has 1 heterocycles. The fourth-order valence-corrected chi connectivity index (χ4v) is 3.04. The standard InChI is InChI=1S/C24H17N3O3/c1-2-22(28)30-19-13-14-21-20(15-19)23(26-16-25-21)27(18-11-7-4-8-12-18)24(29)17-9-5-3-6-10-17/h2-16H,1H2. The van der Waals surface area contributed by atoms with Gasteiger partial charge in [-0.15, -0.1) is 0 Å². The number of aromatic nitrogens is 2. The van der Waals surface area contributed by atoms with E-state index in [1.807, 2.05) is 36.4 Å². The number of carbonyl (C=O) groups is 2. The first kappa shape index (κ1) is 19.0. The second-order valence-electron chi connectivity index (χ2n) is 6.34. The summed E-state index contributed by atoms with van der Waals surface area (Å²) >= 11 is 0. The maximum Gasteiger partial charge on any atom is 0.335 e. The van der Waals surface area contributed by atoms with Crippen LogP contribution >= 0.6 is 0 Å². The Morgan fingerprint density at radius 1 is 0.900 bits per heavy atom. The minimum absolute atomic E-state index is 0.240. The summed E-state index contributed by atoms with van der Waals surface area (Å²) in [5.41, 5.74) is 1.78. The second-order valence-corrected chi connectivity index (χ2v) is 6.34. The average molecular weight is 395 g/mol. The number of ether oxygens (including phenoxy) is 1. The van der Waals surface area contributed by atoms with Crippen LogP contribution in [0.2, 0.25) is 0 Å². The third-order valence-electron chi connectivity index (χ3n) is 4.42. The fraction of sp³-hybridized carbons (Fsp3) is 0. The molecule has 4 rings (SSSR count). The van der Waals surface area contributed by atoms with Gasteiger partial charge in [0.15, 0.2) is 5.82 Å². The van der Waals surface area contributed by atoms with E-state index in [4.69, 9.17) is 4.74 Å². The zero-order valence-electron chi connectivity index (χ0n) is 15.9. The molecule has 1 aromatic heterocycles. The quantitative estimate of drug-likeness (QED) is 0.278. The van der Waals surface area contributed by atoms with Crippen LogP contribution in [0.4, 0.5) is 11.5 Å². The van der Waals surface area contributed by atoms with E-state index in [9.17, 15) is 9.59 Å². The van der Waals surface area contributed by atoms with Gasteiger partial charge in [0.2, 0.25) is 0 Å². The third kappa shape index (κ3) is 3.79. The molecule has 30 heavy (non-hydrogen) atoms. The molecule has 0 saturated carbocycles. The van der Waals surface area contributed by atoms with Gasteiger partial charge in [-0.2, -0.15) is 0 Å². The van der Waals surface area contributed by atoms with Crippen LogP contribution in [0.3, 0.4) is 0 Å². The van der Waals surface area contributed by atoms with Crippen molar-refractivity contribution in [2.24, 2.45) is 0 Å². The molecule has 0 aliphatic rings. The molecule has 0 atom stereocenters. The molecule has 0 bridgehead atoms. The monoisotopic (exact) mass is 395 g/mol. The number of carbonyl (C=O) groups excluding carboxylic acids is 2. The Morgan fingerprint density at radius 2 is 1.60 bits per heavy atom. The highest BCUT2D eigenvalue weighted by molar-refractivity contribution is 6.13. The Hall–Kier alpha value is -4.32. The lowest BCUT2D eigenvalue weighted by atomic mass is 10.1. The van der Waals surface area contributed by atoms with Gasteiger partial charge in [0.25, 0.3) is 5.91 Å². The van der Waals surface area contributed by atoms with Gasteiger partial charge < -0.3 is 4.74 Å². The average Bonchev–Trinajstić information content (AvgIpc) is 2.80. The molecule has 6 nitrogen and oxygen atoms in total. The van der Waals surface area contributed by atoms with Crippen molar-refractivity contribution in [3.05, 3.63) is 103 Å². The first-order chi connectivity index (χ1) is 14.7. The van der Waals surface area contributed by atoms with Crippen molar-refractivity contribution < 1.29 is 14.3 Å². The molecular formula is C24H17N3O3. The summed E-state index contributed by atoms with van der Waals surface area (Å²) < 4.78 is 5.24. The number of amides is 1. The van der Waals surface area contributed by atoms with Crippen LogP contribution in [-0.2, 0) is 4.79 Å². The van der Waals surface area contributed by atoms with Crippen molar-refractivity contribution in [1.82, 2.24) is 9.97 Å². The Kier molecular flexibility index (Phi) is 5.30. The highest BCUT2D eigenvalue weighted by Crippen LogP contribution is 2.33. The van der Waals surface area contributed by atoms with Crippen molar-refractivity contribution in [3.63, 3.8) is 0 Å². The first-order valence-electron chi connectivity index (χ1n) is 9.21. The van der Waals surface area contributed by atoms with Crippen LogP contribution in [-0.4, -0.2) is 21.8 Å². The van der Waals surface area contributed by atoms with Gasteiger partial charge in [0, 0.05) is 17.0 Å². The zero-order chi connectivity index (χ0) is 20.9. The van der Waals surface area contributed by atoms with Gasteiger partial charge in [0.05, 0.1) is 11.2 Å². The summed E-state index contributed by atoms with van der Waals surface area (Å²) in [5, 5.41) is 0.569. The number of rotatable bonds is 5. The molecule has 0 saturated heterocycles. The molecular weight excluding hydrogens is 378 g/mol. The van der Waals surface area contributed by atoms with Crippen molar-refractivity contribution in [2.45, 2.75) is 0 Å². The van der Waals surface area contributed by atoms with Gasteiger partial charge in [0.1, 0.15) is 12.1 Å². The van der Waals surface area contributed by atoms with Gasteiger partial charge in [-0.05, 0) is 42.5 Å². The molecule has 0 aliphatic heterocycles. The van der Waals surface area contributed by atoms with Crippen LogP contribution in [0.25, 0.3) is 10.9 Å². The van der Waals surface area contributed by atoms with E-state index in [2.05, 4.69) is 16.5 Å². The maximum absolute atomic E-state index is 13.5. The lowest BCUT2D eigenvalue weighted by Gasteiger charge is -2.23. The number of anilines is 2. The van der Waals surface area contributed by atoms with E-state index in [0.29, 0.717) is 33.7 Å². The minimum Gasteiger partial charge on any atom is -0.423 e. The van der Waals surface area contributed by atoms with Crippen LogP contribution in [0.15, 0.2) is 97.8 Å². The topological polar surface area (TPSA) is 72.4 Å². The van der Waals surface area contributed by atoms with Crippen LogP contribution in [0.1, 0.15) is 10.4 Å². The second kappa shape index (κ2) is 8.36. The first-order valence-corrected chi connectivity index (χ1v) is 9.21. The molecule has 146 valence electrons. The number of para-hydroxylation sites is 1. The summed E-state index contributed by atoms with van der Waals surface area (Å²) in [6.07, 6.45) is 2.49. The molecule has 0 radical (unpaired) electrons. The highest BCUT2D eigenvalue weighted by atomic mass is 16.5. The number of hydrogen-bond donors (Lipinski definition) is 0. The lowest BCUT2D eigenvalue weighted by molar-refractivity contribution is -0.128. The molecule has 0 aliphatic carbocycles. The molecule has 0 spiro atoms. The fourth-order valence-electron chi connectivity index (χ4n) is 3.04. The Labute approximate surface area is 173 Å². The van der Waals surface area contributed by atoms with E-state index in [-0.39, 0.29) is 5.91 Å². The van der Waals surface area contributed by atoms with Gasteiger partial charge in [-0.3, -0.25) is 9.69 Å². The van der Waals surface area contributed by atoms with Crippen LogP contribution < -0.4 is 9.64 Å². The van der Waals surface area contributed by atoms with Crippen LogP contribution in [0, 0.1) is 0 Å². The van der Waals surface area contributed by atoms with E-state index >= 15 is 0 Å². The SMILES string of the molecule is C=CC(=O)Oc1ccc2ncnc(N(C(=O)c3ccccc3)c3ccccc3)c2c1. The van der Waals surface area contributed by atoms with Crippen LogP contribution in [0.5, 0.6) is 5.75 Å².